The molecule has 0 saturated heterocycles. The van der Waals surface area contributed by atoms with Gasteiger partial charge in [-0.05, 0) is 117 Å². The Morgan fingerprint density at radius 2 is 0.893 bits per heavy atom. The van der Waals surface area contributed by atoms with Gasteiger partial charge >= 0.3 is 0 Å². The molecule has 56 heavy (non-hydrogen) atoms. The molecule has 0 radical (unpaired) electrons. The van der Waals surface area contributed by atoms with Gasteiger partial charge in [0.15, 0.2) is 0 Å². The van der Waals surface area contributed by atoms with Crippen molar-refractivity contribution in [2.45, 2.75) is 15.2 Å². The molecular formula is C53H36N2S. The minimum absolute atomic E-state index is 0.604. The van der Waals surface area contributed by atoms with E-state index in [1.807, 2.05) is 11.8 Å². The van der Waals surface area contributed by atoms with Gasteiger partial charge in [-0.25, -0.2) is 0 Å². The van der Waals surface area contributed by atoms with E-state index in [1.165, 1.54) is 53.9 Å². The second kappa shape index (κ2) is 13.2. The highest BCUT2D eigenvalue weighted by atomic mass is 32.2. The summed E-state index contributed by atoms with van der Waals surface area (Å²) in [6, 6.07) is 80.0. The molecule has 0 amide bonds. The zero-order valence-electron chi connectivity index (χ0n) is 30.6. The van der Waals surface area contributed by atoms with Crippen LogP contribution in [-0.4, -0.2) is 0 Å². The van der Waals surface area contributed by atoms with Crippen LogP contribution in [0.25, 0.3) is 21.9 Å². The molecule has 3 heteroatoms. The Balaban J connectivity index is 1.26. The molecule has 1 atom stereocenters. The number of nitrogens with zero attached hydrogens (tertiary/aromatic N) is 2. The maximum Gasteiger partial charge on any atom is 0.0743 e. The molecule has 1 unspecified atom stereocenters. The van der Waals surface area contributed by atoms with Gasteiger partial charge < -0.3 is 9.80 Å². The van der Waals surface area contributed by atoms with E-state index < -0.39 is 5.41 Å². The fourth-order valence-electron chi connectivity index (χ4n) is 9.25. The number of hydrogen-bond donors (Lipinski definition) is 0. The van der Waals surface area contributed by atoms with Crippen molar-refractivity contribution in [3.63, 3.8) is 0 Å². The van der Waals surface area contributed by atoms with E-state index in [4.69, 9.17) is 0 Å². The van der Waals surface area contributed by atoms with E-state index in [0.29, 0.717) is 0 Å². The van der Waals surface area contributed by atoms with Crippen molar-refractivity contribution in [3.05, 3.63) is 241 Å². The topological polar surface area (TPSA) is 6.48 Å². The number of anilines is 6. The van der Waals surface area contributed by atoms with E-state index in [0.717, 1.165) is 34.1 Å². The van der Waals surface area contributed by atoms with E-state index >= 15 is 0 Å². The Labute approximate surface area is 332 Å². The van der Waals surface area contributed by atoms with Crippen molar-refractivity contribution in [3.8, 4) is 11.1 Å². The zero-order chi connectivity index (χ0) is 37.1. The molecule has 9 aromatic carbocycles. The lowest BCUT2D eigenvalue weighted by atomic mass is 9.66. The lowest BCUT2D eigenvalue weighted by molar-refractivity contribution is 0.730. The third-order valence-corrected chi connectivity index (χ3v) is 12.6. The molecule has 264 valence electrons. The molecule has 0 fully saturated rings. The normalized spacial score (nSPS) is 14.8. The summed E-state index contributed by atoms with van der Waals surface area (Å²) in [5.41, 5.74) is 14.0. The lowest BCUT2D eigenvalue weighted by Gasteiger charge is -2.41. The number of benzene rings is 9. The van der Waals surface area contributed by atoms with E-state index in [2.05, 4.69) is 228 Å². The Kier molecular flexibility index (Phi) is 7.68. The predicted molar refractivity (Wildman–Crippen MR) is 235 cm³/mol. The largest absolute Gasteiger partial charge is 0.310 e. The van der Waals surface area contributed by atoms with Gasteiger partial charge in [0.05, 0.1) is 11.1 Å². The first-order valence-electron chi connectivity index (χ1n) is 19.2. The summed E-state index contributed by atoms with van der Waals surface area (Å²) in [7, 11) is 0. The summed E-state index contributed by atoms with van der Waals surface area (Å²) in [5, 5.41) is 2.53. The predicted octanol–water partition coefficient (Wildman–Crippen LogP) is 14.6. The summed E-state index contributed by atoms with van der Waals surface area (Å²) >= 11 is 1.89. The lowest BCUT2D eigenvalue weighted by Crippen LogP contribution is -2.32. The monoisotopic (exact) mass is 732 g/mol. The Morgan fingerprint density at radius 1 is 0.357 bits per heavy atom. The maximum atomic E-state index is 2.48. The maximum absolute atomic E-state index is 2.48. The Bertz CT molecular complexity index is 2810. The van der Waals surface area contributed by atoms with Crippen LogP contribution in [0.5, 0.6) is 0 Å². The van der Waals surface area contributed by atoms with Gasteiger partial charge in [-0.15, -0.1) is 0 Å². The minimum atomic E-state index is -0.604. The van der Waals surface area contributed by atoms with Gasteiger partial charge in [0.25, 0.3) is 0 Å². The molecule has 1 aliphatic heterocycles. The second-order valence-electron chi connectivity index (χ2n) is 14.5. The van der Waals surface area contributed by atoms with Gasteiger partial charge in [-0.2, -0.15) is 0 Å². The van der Waals surface area contributed by atoms with E-state index in [1.54, 1.807) is 0 Å². The van der Waals surface area contributed by atoms with Crippen LogP contribution in [-0.2, 0) is 5.41 Å². The van der Waals surface area contributed by atoms with Crippen LogP contribution >= 0.6 is 11.8 Å². The third-order valence-electron chi connectivity index (χ3n) is 11.5. The molecule has 1 heterocycles. The van der Waals surface area contributed by atoms with Gasteiger partial charge in [0.1, 0.15) is 0 Å². The number of rotatable bonds is 6. The van der Waals surface area contributed by atoms with E-state index in [-0.39, 0.29) is 0 Å². The zero-order valence-corrected chi connectivity index (χ0v) is 31.4. The number of para-hydroxylation sites is 4. The Hall–Kier alpha value is -6.81. The second-order valence-corrected chi connectivity index (χ2v) is 15.5. The Morgan fingerprint density at radius 3 is 1.55 bits per heavy atom. The fraction of sp³-hybridized carbons (Fsp3) is 0.0189. The van der Waals surface area contributed by atoms with E-state index in [9.17, 15) is 0 Å². The SMILES string of the molecule is c1ccc(N(c2ccccc2)c2ccc3c(c2)C2(c4ccccc4-c4c(N(c5ccccc5)c5ccccc5)cccc42)c2c(ccc4ccccc24)S3)cc1. The van der Waals surface area contributed by atoms with Crippen LogP contribution in [0.1, 0.15) is 22.3 Å². The van der Waals surface area contributed by atoms with Crippen LogP contribution in [0.15, 0.2) is 228 Å². The van der Waals surface area contributed by atoms with Gasteiger partial charge in [-0.3, -0.25) is 0 Å². The van der Waals surface area contributed by atoms with Crippen LogP contribution < -0.4 is 9.80 Å². The molecule has 1 spiro atoms. The van der Waals surface area contributed by atoms with Crippen LogP contribution in [0.3, 0.4) is 0 Å². The van der Waals surface area contributed by atoms with Crippen molar-refractivity contribution in [1.82, 2.24) is 0 Å². The van der Waals surface area contributed by atoms with Crippen molar-refractivity contribution in [2.75, 3.05) is 9.80 Å². The summed E-state index contributed by atoms with van der Waals surface area (Å²) in [6.45, 7) is 0. The minimum Gasteiger partial charge on any atom is -0.310 e. The van der Waals surface area contributed by atoms with Crippen LogP contribution in [0, 0.1) is 0 Å². The molecule has 11 rings (SSSR count). The summed E-state index contributed by atoms with van der Waals surface area (Å²) in [5.74, 6) is 0. The summed E-state index contributed by atoms with van der Waals surface area (Å²) in [4.78, 5) is 7.39. The highest BCUT2D eigenvalue weighted by Crippen LogP contribution is 2.65. The first-order chi connectivity index (χ1) is 27.8. The number of hydrogen-bond acceptors (Lipinski definition) is 3. The van der Waals surface area contributed by atoms with Crippen LogP contribution in [0.4, 0.5) is 34.1 Å². The first kappa shape index (κ1) is 32.6. The van der Waals surface area contributed by atoms with Crippen molar-refractivity contribution >= 4 is 56.7 Å². The average molecular weight is 733 g/mol. The summed E-state index contributed by atoms with van der Waals surface area (Å²) in [6.07, 6.45) is 0. The highest BCUT2D eigenvalue weighted by Gasteiger charge is 2.52. The van der Waals surface area contributed by atoms with Gasteiger partial charge in [0.2, 0.25) is 0 Å². The third kappa shape index (κ3) is 4.91. The molecule has 0 saturated carbocycles. The molecule has 0 N–H and O–H groups in total. The molecule has 9 aromatic rings. The summed E-state index contributed by atoms with van der Waals surface area (Å²) < 4.78 is 0. The molecule has 0 bridgehead atoms. The molecule has 1 aliphatic carbocycles. The quantitative estimate of drug-likeness (QED) is 0.168. The van der Waals surface area contributed by atoms with Crippen molar-refractivity contribution < 1.29 is 0 Å². The fourth-order valence-corrected chi connectivity index (χ4v) is 10.4. The van der Waals surface area contributed by atoms with Crippen LogP contribution in [0.2, 0.25) is 0 Å². The molecule has 0 aromatic heterocycles. The molecule has 2 aliphatic rings. The average Bonchev–Trinajstić information content (AvgIpc) is 3.56. The standard InChI is InChI=1S/C53H36N2S/c1-5-19-38(20-6-1)54(39-21-7-2-8-22-39)42-33-35-49-47(36-42)53(52-43-27-14-13-18-37(43)32-34-50(52)56-49)45-29-16-15-28-44(45)51-46(53)30-17-31-48(51)55(40-23-9-3-10-24-40)41-25-11-4-12-26-41/h1-36H. The molecular weight excluding hydrogens is 697 g/mol. The van der Waals surface area contributed by atoms with Crippen molar-refractivity contribution in [1.29, 1.82) is 0 Å². The molecule has 2 nitrogen and oxygen atoms in total. The smallest absolute Gasteiger partial charge is 0.0743 e. The van der Waals surface area contributed by atoms with Gasteiger partial charge in [-0.1, -0.05) is 151 Å². The first-order valence-corrected chi connectivity index (χ1v) is 20.0. The van der Waals surface area contributed by atoms with Crippen molar-refractivity contribution in [2.24, 2.45) is 0 Å². The highest BCUT2D eigenvalue weighted by molar-refractivity contribution is 7.99. The number of fused-ring (bicyclic) bond motifs is 11. The van der Waals surface area contributed by atoms with Gasteiger partial charge in [0, 0.05) is 43.8 Å².